The van der Waals surface area contributed by atoms with E-state index in [-0.39, 0.29) is 24.3 Å². The highest BCUT2D eigenvalue weighted by Gasteiger charge is 2.60. The van der Waals surface area contributed by atoms with Gasteiger partial charge in [-0.3, -0.25) is 10.2 Å². The van der Waals surface area contributed by atoms with E-state index in [9.17, 15) is 27.9 Å². The number of hydrogen-bond acceptors (Lipinski definition) is 5. The Morgan fingerprint density at radius 3 is 2.44 bits per heavy atom. The highest BCUT2D eigenvalue weighted by atomic mass is 32.2. The predicted octanol–water partition coefficient (Wildman–Crippen LogP) is 2.29. The number of amides is 3. The third kappa shape index (κ3) is 4.03. The quantitative estimate of drug-likeness (QED) is 0.322. The second-order valence-electron chi connectivity index (χ2n) is 8.17. The van der Waals surface area contributed by atoms with Gasteiger partial charge in [-0.1, -0.05) is 36.4 Å². The standard InChI is InChI=1S/C23H24N4O6S/c28-21(14-16-15-24-19-11-5-4-10-18(16)19)25-26-23(31)27(13-7-6-12-20(27)22(29)30)34(32,33)17-8-2-1-3-9-17/h1-5,8-11,15,20,24H,6-7,12-14H2,(H2-,25,26,28,29,30,31)/p+1/t20-,27-/m0/s1. The molecule has 0 unspecified atom stereocenters. The number of piperidine rings is 1. The molecule has 0 radical (unpaired) electrons. The van der Waals surface area contributed by atoms with Crippen molar-refractivity contribution in [2.75, 3.05) is 6.54 Å². The lowest BCUT2D eigenvalue weighted by Gasteiger charge is -2.40. The predicted molar refractivity (Wildman–Crippen MR) is 123 cm³/mol. The van der Waals surface area contributed by atoms with E-state index < -0.39 is 37.9 Å². The fourth-order valence-corrected chi connectivity index (χ4v) is 6.53. The smallest absolute Gasteiger partial charge is 0.451 e. The number of carboxylic acid groups (broad SMARTS) is 1. The zero-order chi connectivity index (χ0) is 24.3. The molecule has 1 aromatic heterocycles. The second-order valence-corrected chi connectivity index (χ2v) is 10.2. The van der Waals surface area contributed by atoms with Gasteiger partial charge in [-0.05, 0) is 36.6 Å². The molecule has 2 heterocycles. The highest BCUT2D eigenvalue weighted by Crippen LogP contribution is 2.35. The van der Waals surface area contributed by atoms with Gasteiger partial charge in [-0.2, -0.15) is 8.42 Å². The van der Waals surface area contributed by atoms with Gasteiger partial charge >= 0.3 is 22.0 Å². The van der Waals surface area contributed by atoms with Gasteiger partial charge in [-0.25, -0.2) is 15.0 Å². The minimum atomic E-state index is -4.46. The van der Waals surface area contributed by atoms with Crippen molar-refractivity contribution in [3.05, 3.63) is 66.4 Å². The first kappa shape index (κ1) is 23.5. The summed E-state index contributed by atoms with van der Waals surface area (Å²) < 4.78 is 25.9. The molecule has 2 aromatic carbocycles. The number of nitrogens with zero attached hydrogens (tertiary/aromatic N) is 1. The number of hydrogen-bond donors (Lipinski definition) is 4. The lowest BCUT2D eigenvalue weighted by molar-refractivity contribution is -0.749. The Balaban J connectivity index is 1.60. The van der Waals surface area contributed by atoms with E-state index in [2.05, 4.69) is 15.8 Å². The number of fused-ring (bicyclic) bond motifs is 1. The minimum Gasteiger partial charge on any atom is -0.477 e. The van der Waals surface area contributed by atoms with E-state index in [0.717, 1.165) is 10.9 Å². The van der Waals surface area contributed by atoms with Crippen LogP contribution in [0, 0.1) is 0 Å². The van der Waals surface area contributed by atoms with Gasteiger partial charge in [0, 0.05) is 23.5 Å². The number of quaternary nitrogens is 1. The summed E-state index contributed by atoms with van der Waals surface area (Å²) in [6.45, 7) is -0.224. The number of carbonyl (C=O) groups is 3. The van der Waals surface area contributed by atoms with Gasteiger partial charge in [0.2, 0.25) is 11.9 Å². The van der Waals surface area contributed by atoms with Gasteiger partial charge in [0.25, 0.3) is 0 Å². The molecule has 1 fully saturated rings. The van der Waals surface area contributed by atoms with Crippen molar-refractivity contribution >= 4 is 38.8 Å². The fraction of sp³-hybridized carbons (Fsp3) is 0.261. The van der Waals surface area contributed by atoms with Crippen LogP contribution in [-0.4, -0.2) is 52.9 Å². The number of H-pyrrole nitrogens is 1. The average molecular weight is 486 g/mol. The Hall–Kier alpha value is -3.70. The average Bonchev–Trinajstić information content (AvgIpc) is 3.25. The molecule has 0 bridgehead atoms. The molecule has 1 aliphatic rings. The number of carbonyl (C=O) groups excluding carboxylic acids is 2. The number of para-hydroxylation sites is 1. The number of benzene rings is 2. The van der Waals surface area contributed by atoms with Crippen molar-refractivity contribution in [3.63, 3.8) is 0 Å². The topological polar surface area (TPSA) is 145 Å². The van der Waals surface area contributed by atoms with Crippen LogP contribution >= 0.6 is 0 Å². The summed E-state index contributed by atoms with van der Waals surface area (Å²) in [6, 6.07) is 12.1. The number of likely N-dealkylation sites (tertiary alicyclic amines) is 1. The number of aromatic amines is 1. The summed E-state index contributed by atoms with van der Waals surface area (Å²) in [5, 5.41) is 10.7. The molecular formula is C23H25N4O6S+. The van der Waals surface area contributed by atoms with Gasteiger partial charge in [0.15, 0.2) is 0 Å². The third-order valence-electron chi connectivity index (χ3n) is 6.15. The molecule has 3 aromatic rings. The van der Waals surface area contributed by atoms with E-state index in [1.807, 2.05) is 24.3 Å². The van der Waals surface area contributed by atoms with E-state index >= 15 is 0 Å². The summed E-state index contributed by atoms with van der Waals surface area (Å²) in [7, 11) is -4.46. The molecule has 34 heavy (non-hydrogen) atoms. The van der Waals surface area contributed by atoms with Crippen molar-refractivity contribution in [3.8, 4) is 0 Å². The molecule has 178 valence electrons. The maximum Gasteiger partial charge on any atom is 0.451 e. The molecule has 0 spiro atoms. The molecule has 11 heteroatoms. The van der Waals surface area contributed by atoms with Crippen molar-refractivity contribution in [1.82, 2.24) is 15.8 Å². The SMILES string of the molecule is O=C(Cc1c[nH]c2ccccc12)NNC(=O)[N@+]1(S(=O)(=O)c2ccccc2)CCCC[C@H]1C(=O)O. The maximum absolute atomic E-state index is 13.6. The molecule has 2 atom stereocenters. The Morgan fingerprint density at radius 2 is 1.71 bits per heavy atom. The summed E-state index contributed by atoms with van der Waals surface area (Å²) in [5.41, 5.74) is 6.01. The summed E-state index contributed by atoms with van der Waals surface area (Å²) in [5.74, 6) is -1.96. The van der Waals surface area contributed by atoms with Crippen LogP contribution in [0.3, 0.4) is 0 Å². The van der Waals surface area contributed by atoms with Crippen molar-refractivity contribution < 1.29 is 31.8 Å². The number of rotatable bonds is 5. The number of hydrazine groups is 1. The molecule has 3 amide bonds. The van der Waals surface area contributed by atoms with Crippen LogP contribution in [0.1, 0.15) is 24.8 Å². The van der Waals surface area contributed by atoms with Crippen LogP contribution in [0.5, 0.6) is 0 Å². The van der Waals surface area contributed by atoms with Gasteiger partial charge in [-0.15, -0.1) is 3.89 Å². The molecule has 10 nitrogen and oxygen atoms in total. The molecule has 0 saturated carbocycles. The monoisotopic (exact) mass is 485 g/mol. The Morgan fingerprint density at radius 1 is 1.00 bits per heavy atom. The van der Waals surface area contributed by atoms with Crippen LogP contribution in [0.15, 0.2) is 65.7 Å². The second kappa shape index (κ2) is 9.27. The van der Waals surface area contributed by atoms with Crippen LogP contribution in [0.4, 0.5) is 4.79 Å². The van der Waals surface area contributed by atoms with Crippen molar-refractivity contribution in [2.24, 2.45) is 0 Å². The van der Waals surface area contributed by atoms with E-state index in [1.54, 1.807) is 12.3 Å². The highest BCUT2D eigenvalue weighted by molar-refractivity contribution is 7.86. The Labute approximate surface area is 196 Å². The number of aliphatic carboxylic acids is 1. The number of sulfonamides is 1. The molecular weight excluding hydrogens is 460 g/mol. The summed E-state index contributed by atoms with van der Waals surface area (Å²) in [4.78, 5) is 40.9. The molecule has 0 aliphatic carbocycles. The molecule has 4 N–H and O–H groups in total. The molecule has 4 rings (SSSR count). The normalized spacial score (nSPS) is 20.5. The van der Waals surface area contributed by atoms with E-state index in [4.69, 9.17) is 0 Å². The zero-order valence-electron chi connectivity index (χ0n) is 18.2. The lowest BCUT2D eigenvalue weighted by atomic mass is 10.0. The van der Waals surface area contributed by atoms with Crippen molar-refractivity contribution in [1.29, 1.82) is 0 Å². The van der Waals surface area contributed by atoms with Crippen LogP contribution in [-0.2, 0) is 26.0 Å². The minimum absolute atomic E-state index is 0.0120. The molecule has 1 aliphatic heterocycles. The van der Waals surface area contributed by atoms with E-state index in [0.29, 0.717) is 18.4 Å². The summed E-state index contributed by atoms with van der Waals surface area (Å²) in [6.07, 6.45) is 2.44. The number of aromatic nitrogens is 1. The maximum atomic E-state index is 13.6. The van der Waals surface area contributed by atoms with Gasteiger partial charge in [0.1, 0.15) is 11.4 Å². The van der Waals surface area contributed by atoms with Gasteiger partial charge < -0.3 is 10.1 Å². The van der Waals surface area contributed by atoms with E-state index in [1.165, 1.54) is 24.3 Å². The first-order valence-electron chi connectivity index (χ1n) is 10.8. The summed E-state index contributed by atoms with van der Waals surface area (Å²) >= 11 is 0. The first-order chi connectivity index (χ1) is 16.3. The fourth-order valence-electron chi connectivity index (χ4n) is 4.48. The number of carboxylic acids is 1. The Bertz CT molecular complexity index is 1340. The third-order valence-corrected chi connectivity index (χ3v) is 8.48. The largest absolute Gasteiger partial charge is 0.477 e. The van der Waals surface area contributed by atoms with Crippen LogP contribution in [0.25, 0.3) is 10.9 Å². The number of urea groups is 1. The lowest BCUT2D eigenvalue weighted by Crippen LogP contribution is -2.70. The van der Waals surface area contributed by atoms with Crippen molar-refractivity contribution in [2.45, 2.75) is 36.6 Å². The van der Waals surface area contributed by atoms with Crippen LogP contribution < -0.4 is 10.9 Å². The zero-order valence-corrected chi connectivity index (χ0v) is 19.0. The Kier molecular flexibility index (Phi) is 6.40. The molecule has 1 saturated heterocycles. The number of nitrogens with one attached hydrogen (secondary N) is 3. The first-order valence-corrected chi connectivity index (χ1v) is 12.3. The van der Waals surface area contributed by atoms with Crippen LogP contribution in [0.2, 0.25) is 0 Å². The van der Waals surface area contributed by atoms with Gasteiger partial charge in [0.05, 0.1) is 6.42 Å².